The minimum absolute atomic E-state index is 0.638. The van der Waals surface area contributed by atoms with Crippen LogP contribution in [0, 0.1) is 0 Å². The number of fused-ring (bicyclic) bond motifs is 1. The zero-order valence-corrected chi connectivity index (χ0v) is 10.8. The van der Waals surface area contributed by atoms with Crippen LogP contribution in [0.1, 0.15) is 34.1 Å². The molecule has 0 aromatic carbocycles. The fourth-order valence-electron chi connectivity index (χ4n) is 2.59. The van der Waals surface area contributed by atoms with E-state index in [9.17, 15) is 0 Å². The zero-order valence-electron chi connectivity index (χ0n) is 10.8. The fraction of sp³-hybridized carbons (Fsp3) is 0.571. The average molecular weight is 218 g/mol. The van der Waals surface area contributed by atoms with Crippen LogP contribution in [0.3, 0.4) is 0 Å². The Labute approximate surface area is 98.7 Å². The third-order valence-electron chi connectivity index (χ3n) is 3.81. The molecule has 0 aliphatic carbocycles. The predicted molar refractivity (Wildman–Crippen MR) is 69.0 cm³/mol. The van der Waals surface area contributed by atoms with Gasteiger partial charge in [-0.2, -0.15) is 0 Å². The summed E-state index contributed by atoms with van der Waals surface area (Å²) in [5, 5.41) is 3.54. The second-order valence-electron chi connectivity index (χ2n) is 4.88. The van der Waals surface area contributed by atoms with Crippen LogP contribution in [0.15, 0.2) is 34.7 Å². The van der Waals surface area contributed by atoms with Gasteiger partial charge in [0, 0.05) is 24.5 Å². The molecule has 16 heavy (non-hydrogen) atoms. The quantitative estimate of drug-likeness (QED) is 0.728. The summed E-state index contributed by atoms with van der Waals surface area (Å²) in [6, 6.07) is 0.638. The van der Waals surface area contributed by atoms with Gasteiger partial charge < -0.3 is 10.2 Å². The summed E-state index contributed by atoms with van der Waals surface area (Å²) in [5.41, 5.74) is 5.78. The monoisotopic (exact) mass is 218 g/mol. The van der Waals surface area contributed by atoms with E-state index in [-0.39, 0.29) is 0 Å². The molecule has 0 saturated heterocycles. The van der Waals surface area contributed by atoms with Gasteiger partial charge in [-0.3, -0.25) is 0 Å². The topological polar surface area (TPSA) is 15.3 Å². The Morgan fingerprint density at radius 1 is 1.31 bits per heavy atom. The summed E-state index contributed by atoms with van der Waals surface area (Å²) in [5.74, 6) is 0. The standard InChI is InChI=1S/C14H22N2/c1-5-6-13-7-14-8-15-11(3)10(2)9-16(14)12(13)4/h5-6,14-15H,7-9H2,1-4H3/b6-5-/t14-/m0/s1. The second kappa shape index (κ2) is 4.36. The minimum atomic E-state index is 0.638. The van der Waals surface area contributed by atoms with Crippen molar-refractivity contribution in [3.05, 3.63) is 34.7 Å². The molecule has 0 saturated carbocycles. The molecule has 0 fully saturated rings. The third kappa shape index (κ3) is 1.89. The second-order valence-corrected chi connectivity index (χ2v) is 4.88. The van der Waals surface area contributed by atoms with Crippen molar-refractivity contribution in [3.8, 4) is 0 Å². The first-order valence-corrected chi connectivity index (χ1v) is 6.12. The normalized spacial score (nSPS) is 26.2. The molecule has 2 aliphatic rings. The van der Waals surface area contributed by atoms with Crippen LogP contribution in [-0.2, 0) is 0 Å². The average Bonchev–Trinajstić information content (AvgIpc) is 2.46. The fourth-order valence-corrected chi connectivity index (χ4v) is 2.59. The van der Waals surface area contributed by atoms with Gasteiger partial charge in [0.1, 0.15) is 0 Å². The van der Waals surface area contributed by atoms with Crippen LogP contribution in [0.2, 0.25) is 0 Å². The summed E-state index contributed by atoms with van der Waals surface area (Å²) in [6.45, 7) is 10.9. The third-order valence-corrected chi connectivity index (χ3v) is 3.81. The van der Waals surface area contributed by atoms with Crippen molar-refractivity contribution in [2.75, 3.05) is 13.1 Å². The maximum Gasteiger partial charge on any atom is 0.0504 e. The van der Waals surface area contributed by atoms with Crippen LogP contribution in [0.25, 0.3) is 0 Å². The highest BCUT2D eigenvalue weighted by Crippen LogP contribution is 2.31. The summed E-state index contributed by atoms with van der Waals surface area (Å²) >= 11 is 0. The van der Waals surface area contributed by atoms with E-state index in [1.165, 1.54) is 29.0 Å². The molecule has 0 spiro atoms. The lowest BCUT2D eigenvalue weighted by Crippen LogP contribution is -2.35. The maximum absolute atomic E-state index is 3.54. The van der Waals surface area contributed by atoms with Crippen LogP contribution < -0.4 is 5.32 Å². The van der Waals surface area contributed by atoms with Crippen molar-refractivity contribution >= 4 is 0 Å². The van der Waals surface area contributed by atoms with Crippen LogP contribution in [0.5, 0.6) is 0 Å². The Hall–Kier alpha value is -1.18. The maximum atomic E-state index is 3.54. The van der Waals surface area contributed by atoms with Gasteiger partial charge >= 0.3 is 0 Å². The summed E-state index contributed by atoms with van der Waals surface area (Å²) in [4.78, 5) is 2.55. The van der Waals surface area contributed by atoms with Crippen molar-refractivity contribution in [2.45, 2.75) is 40.2 Å². The number of nitrogens with zero attached hydrogens (tertiary/aromatic N) is 1. The first-order chi connectivity index (χ1) is 7.63. The van der Waals surface area contributed by atoms with Gasteiger partial charge in [0.2, 0.25) is 0 Å². The number of hydrogen-bond acceptors (Lipinski definition) is 2. The Kier molecular flexibility index (Phi) is 3.08. The van der Waals surface area contributed by atoms with Gasteiger partial charge in [0.05, 0.1) is 6.04 Å². The minimum Gasteiger partial charge on any atom is -0.386 e. The summed E-state index contributed by atoms with van der Waals surface area (Å²) in [6.07, 6.45) is 5.59. The van der Waals surface area contributed by atoms with Gasteiger partial charge in [0.15, 0.2) is 0 Å². The Morgan fingerprint density at radius 2 is 2.06 bits per heavy atom. The highest BCUT2D eigenvalue weighted by atomic mass is 15.2. The van der Waals surface area contributed by atoms with E-state index in [2.05, 4.69) is 50.1 Å². The molecule has 0 unspecified atom stereocenters. The molecule has 0 aromatic heterocycles. The van der Waals surface area contributed by atoms with E-state index < -0.39 is 0 Å². The van der Waals surface area contributed by atoms with Crippen LogP contribution >= 0.6 is 0 Å². The molecular formula is C14H22N2. The van der Waals surface area contributed by atoms with Gasteiger partial charge in [-0.15, -0.1) is 0 Å². The van der Waals surface area contributed by atoms with Crippen molar-refractivity contribution in [3.63, 3.8) is 0 Å². The number of hydrogen-bond donors (Lipinski definition) is 1. The van der Waals surface area contributed by atoms with Gasteiger partial charge in [-0.05, 0) is 45.3 Å². The van der Waals surface area contributed by atoms with Crippen LogP contribution in [-0.4, -0.2) is 24.0 Å². The van der Waals surface area contributed by atoms with Gasteiger partial charge in [-0.1, -0.05) is 12.2 Å². The highest BCUT2D eigenvalue weighted by Gasteiger charge is 2.29. The van der Waals surface area contributed by atoms with E-state index in [1.54, 1.807) is 0 Å². The zero-order chi connectivity index (χ0) is 11.7. The van der Waals surface area contributed by atoms with E-state index in [0.29, 0.717) is 6.04 Å². The lowest BCUT2D eigenvalue weighted by atomic mass is 10.1. The van der Waals surface area contributed by atoms with Crippen molar-refractivity contribution in [1.29, 1.82) is 0 Å². The molecule has 0 aromatic rings. The largest absolute Gasteiger partial charge is 0.386 e. The summed E-state index contributed by atoms with van der Waals surface area (Å²) < 4.78 is 0. The molecule has 2 heterocycles. The Morgan fingerprint density at radius 3 is 2.75 bits per heavy atom. The van der Waals surface area contributed by atoms with E-state index in [4.69, 9.17) is 0 Å². The van der Waals surface area contributed by atoms with Gasteiger partial charge in [0.25, 0.3) is 0 Å². The van der Waals surface area contributed by atoms with E-state index >= 15 is 0 Å². The van der Waals surface area contributed by atoms with Crippen molar-refractivity contribution in [1.82, 2.24) is 10.2 Å². The lowest BCUT2D eigenvalue weighted by molar-refractivity contribution is 0.304. The molecule has 0 bridgehead atoms. The highest BCUT2D eigenvalue weighted by molar-refractivity contribution is 5.32. The number of nitrogens with one attached hydrogen (secondary N) is 1. The molecule has 0 amide bonds. The smallest absolute Gasteiger partial charge is 0.0504 e. The molecular weight excluding hydrogens is 196 g/mol. The van der Waals surface area contributed by atoms with E-state index in [1.807, 2.05) is 0 Å². The van der Waals surface area contributed by atoms with Crippen molar-refractivity contribution in [2.24, 2.45) is 0 Å². The molecule has 2 rings (SSSR count). The predicted octanol–water partition coefficient (Wildman–Crippen LogP) is 2.81. The molecule has 1 N–H and O–H groups in total. The lowest BCUT2D eigenvalue weighted by Gasteiger charge is -2.26. The molecule has 2 nitrogen and oxygen atoms in total. The molecule has 2 aliphatic heterocycles. The van der Waals surface area contributed by atoms with E-state index in [0.717, 1.165) is 13.1 Å². The van der Waals surface area contributed by atoms with Crippen LogP contribution in [0.4, 0.5) is 0 Å². The van der Waals surface area contributed by atoms with Gasteiger partial charge in [-0.25, -0.2) is 0 Å². The number of rotatable bonds is 1. The summed E-state index contributed by atoms with van der Waals surface area (Å²) in [7, 11) is 0. The van der Waals surface area contributed by atoms with Crippen molar-refractivity contribution < 1.29 is 0 Å². The molecule has 1 atom stereocenters. The first-order valence-electron chi connectivity index (χ1n) is 6.12. The molecule has 2 heteroatoms. The first kappa shape index (κ1) is 11.3. The molecule has 88 valence electrons. The molecule has 0 radical (unpaired) electrons. The Bertz CT molecular complexity index is 374. The SMILES string of the molecule is C/C=C\C1=C(C)N2CC(C)=C(C)NC[C@@H]2C1. The Balaban J connectivity index is 2.25. The number of allylic oxidation sites excluding steroid dienone is 4.